The molecule has 0 aliphatic heterocycles. The minimum absolute atomic E-state index is 0.217. The Morgan fingerprint density at radius 1 is 1.41 bits per heavy atom. The number of amides is 1. The van der Waals surface area contributed by atoms with Gasteiger partial charge in [0.25, 0.3) is 0 Å². The number of hydrogen-bond acceptors (Lipinski definition) is 4. The number of furan rings is 1. The van der Waals surface area contributed by atoms with Crippen LogP contribution in [0.15, 0.2) is 16.5 Å². The van der Waals surface area contributed by atoms with Crippen LogP contribution >= 0.6 is 0 Å². The van der Waals surface area contributed by atoms with E-state index < -0.39 is 5.91 Å². The number of ether oxygens (including phenoxy) is 1. The standard InChI is InChI=1S/C12H18N2O3/c13-14-12(15)11-7-6-10(17-11)8-16-9-4-2-1-3-5-9/h6-7,9H,1-5,8,13H2,(H,14,15). The lowest BCUT2D eigenvalue weighted by Crippen LogP contribution is -2.29. The maximum absolute atomic E-state index is 11.2. The van der Waals surface area contributed by atoms with E-state index >= 15 is 0 Å². The van der Waals surface area contributed by atoms with Gasteiger partial charge in [0, 0.05) is 0 Å². The highest BCUT2D eigenvalue weighted by Gasteiger charge is 2.15. The van der Waals surface area contributed by atoms with E-state index in [4.69, 9.17) is 15.0 Å². The van der Waals surface area contributed by atoms with Crippen molar-refractivity contribution >= 4 is 5.91 Å². The molecule has 0 spiro atoms. The first kappa shape index (κ1) is 12.1. The van der Waals surface area contributed by atoms with Gasteiger partial charge in [0.1, 0.15) is 12.4 Å². The monoisotopic (exact) mass is 238 g/mol. The fourth-order valence-electron chi connectivity index (χ4n) is 2.08. The summed E-state index contributed by atoms with van der Waals surface area (Å²) < 4.78 is 11.0. The highest BCUT2D eigenvalue weighted by atomic mass is 16.5. The second-order valence-electron chi connectivity index (χ2n) is 4.31. The molecule has 1 amide bonds. The maximum atomic E-state index is 11.2. The minimum atomic E-state index is -0.422. The van der Waals surface area contributed by atoms with Crippen LogP contribution in [0, 0.1) is 0 Å². The molecule has 17 heavy (non-hydrogen) atoms. The van der Waals surface area contributed by atoms with Crippen LogP contribution in [0.5, 0.6) is 0 Å². The highest BCUT2D eigenvalue weighted by Crippen LogP contribution is 2.21. The molecule has 5 heteroatoms. The summed E-state index contributed by atoms with van der Waals surface area (Å²) in [5.74, 6) is 5.47. The molecule has 94 valence electrons. The van der Waals surface area contributed by atoms with Crippen LogP contribution in [0.3, 0.4) is 0 Å². The second-order valence-corrected chi connectivity index (χ2v) is 4.31. The molecule has 1 saturated carbocycles. The quantitative estimate of drug-likeness (QED) is 0.476. The number of hydrazine groups is 1. The Bertz CT molecular complexity index is 370. The van der Waals surface area contributed by atoms with Gasteiger partial charge < -0.3 is 9.15 Å². The molecule has 1 heterocycles. The van der Waals surface area contributed by atoms with E-state index in [-0.39, 0.29) is 5.76 Å². The molecule has 5 nitrogen and oxygen atoms in total. The summed E-state index contributed by atoms with van der Waals surface area (Å²) in [5, 5.41) is 0. The predicted molar refractivity (Wildman–Crippen MR) is 62.0 cm³/mol. The topological polar surface area (TPSA) is 77.5 Å². The molecule has 1 aromatic heterocycles. The summed E-state index contributed by atoms with van der Waals surface area (Å²) in [7, 11) is 0. The van der Waals surface area contributed by atoms with Crippen LogP contribution in [-0.2, 0) is 11.3 Å². The average molecular weight is 238 g/mol. The lowest BCUT2D eigenvalue weighted by Gasteiger charge is -2.21. The van der Waals surface area contributed by atoms with Crippen LogP contribution in [0.4, 0.5) is 0 Å². The van der Waals surface area contributed by atoms with Crippen LogP contribution in [0.1, 0.15) is 48.4 Å². The molecule has 2 rings (SSSR count). The summed E-state index contributed by atoms with van der Waals surface area (Å²) in [6.07, 6.45) is 6.36. The smallest absolute Gasteiger partial charge is 0.300 e. The summed E-state index contributed by atoms with van der Waals surface area (Å²) in [6.45, 7) is 0.419. The maximum Gasteiger partial charge on any atom is 0.300 e. The minimum Gasteiger partial charge on any atom is -0.453 e. The zero-order valence-corrected chi connectivity index (χ0v) is 9.78. The van der Waals surface area contributed by atoms with Crippen LogP contribution in [-0.4, -0.2) is 12.0 Å². The number of carbonyl (C=O) groups is 1. The van der Waals surface area contributed by atoms with Crippen molar-refractivity contribution in [3.8, 4) is 0 Å². The first-order valence-corrected chi connectivity index (χ1v) is 6.01. The molecule has 0 radical (unpaired) electrons. The molecule has 3 N–H and O–H groups in total. The third kappa shape index (κ3) is 3.31. The van der Waals surface area contributed by atoms with Gasteiger partial charge in [-0.3, -0.25) is 10.2 Å². The van der Waals surface area contributed by atoms with Gasteiger partial charge in [0.05, 0.1) is 6.10 Å². The van der Waals surface area contributed by atoms with Gasteiger partial charge in [-0.05, 0) is 25.0 Å². The lowest BCUT2D eigenvalue weighted by atomic mass is 9.98. The molecular formula is C12H18N2O3. The first-order chi connectivity index (χ1) is 8.29. The van der Waals surface area contributed by atoms with Crippen molar-refractivity contribution in [1.82, 2.24) is 5.43 Å². The molecule has 0 bridgehead atoms. The number of nitrogen functional groups attached to an aromatic ring is 1. The van der Waals surface area contributed by atoms with E-state index in [9.17, 15) is 4.79 Å². The van der Waals surface area contributed by atoms with Gasteiger partial charge >= 0.3 is 5.91 Å². The number of hydrogen-bond donors (Lipinski definition) is 2. The molecule has 1 aliphatic carbocycles. The second kappa shape index (κ2) is 5.84. The summed E-state index contributed by atoms with van der Waals surface area (Å²) in [4.78, 5) is 11.2. The van der Waals surface area contributed by atoms with Crippen molar-refractivity contribution in [3.63, 3.8) is 0 Å². The molecule has 0 saturated heterocycles. The number of carbonyl (C=O) groups excluding carboxylic acids is 1. The van der Waals surface area contributed by atoms with Gasteiger partial charge in [-0.2, -0.15) is 0 Å². The molecule has 0 atom stereocenters. The average Bonchev–Trinajstić information content (AvgIpc) is 2.85. The number of rotatable bonds is 4. The van der Waals surface area contributed by atoms with E-state index in [1.165, 1.54) is 19.3 Å². The first-order valence-electron chi connectivity index (χ1n) is 6.01. The Morgan fingerprint density at radius 3 is 2.88 bits per heavy atom. The highest BCUT2D eigenvalue weighted by molar-refractivity contribution is 5.90. The predicted octanol–water partition coefficient (Wildman–Crippen LogP) is 1.73. The fourth-order valence-corrected chi connectivity index (χ4v) is 2.08. The largest absolute Gasteiger partial charge is 0.453 e. The van der Waals surface area contributed by atoms with Crippen molar-refractivity contribution in [2.45, 2.75) is 44.8 Å². The molecule has 1 fully saturated rings. The van der Waals surface area contributed by atoms with E-state index in [2.05, 4.69) is 0 Å². The van der Waals surface area contributed by atoms with Gasteiger partial charge in [-0.15, -0.1) is 0 Å². The van der Waals surface area contributed by atoms with E-state index in [1.807, 2.05) is 5.43 Å². The Morgan fingerprint density at radius 2 is 2.18 bits per heavy atom. The van der Waals surface area contributed by atoms with Gasteiger partial charge in [0.2, 0.25) is 0 Å². The molecule has 1 aliphatic rings. The van der Waals surface area contributed by atoms with Gasteiger partial charge in [-0.25, -0.2) is 5.84 Å². The van der Waals surface area contributed by atoms with Crippen LogP contribution in [0.2, 0.25) is 0 Å². The molecule has 1 aromatic rings. The van der Waals surface area contributed by atoms with E-state index in [1.54, 1.807) is 12.1 Å². The van der Waals surface area contributed by atoms with Crippen molar-refractivity contribution in [1.29, 1.82) is 0 Å². The zero-order valence-electron chi connectivity index (χ0n) is 9.78. The number of nitrogens with one attached hydrogen (secondary N) is 1. The third-order valence-corrected chi connectivity index (χ3v) is 3.03. The Labute approximate surface area is 100 Å². The Kier molecular flexibility index (Phi) is 4.17. The summed E-state index contributed by atoms with van der Waals surface area (Å²) in [5.41, 5.74) is 2.03. The van der Waals surface area contributed by atoms with Crippen LogP contribution < -0.4 is 11.3 Å². The summed E-state index contributed by atoms with van der Waals surface area (Å²) >= 11 is 0. The van der Waals surface area contributed by atoms with Gasteiger partial charge in [-0.1, -0.05) is 19.3 Å². The normalized spacial score (nSPS) is 17.0. The fraction of sp³-hybridized carbons (Fsp3) is 0.583. The lowest BCUT2D eigenvalue weighted by molar-refractivity contribution is 0.00844. The van der Waals surface area contributed by atoms with E-state index in [0.29, 0.717) is 18.5 Å². The van der Waals surface area contributed by atoms with Crippen molar-refractivity contribution in [2.75, 3.05) is 0 Å². The van der Waals surface area contributed by atoms with Crippen molar-refractivity contribution in [2.24, 2.45) is 5.84 Å². The van der Waals surface area contributed by atoms with Crippen molar-refractivity contribution in [3.05, 3.63) is 23.7 Å². The molecular weight excluding hydrogens is 220 g/mol. The Hall–Kier alpha value is -1.33. The van der Waals surface area contributed by atoms with E-state index in [0.717, 1.165) is 12.8 Å². The van der Waals surface area contributed by atoms with Gasteiger partial charge in [0.15, 0.2) is 5.76 Å². The Balaban J connectivity index is 1.82. The molecule has 0 aromatic carbocycles. The zero-order chi connectivity index (χ0) is 12.1. The van der Waals surface area contributed by atoms with Crippen molar-refractivity contribution < 1.29 is 13.9 Å². The molecule has 0 unspecified atom stereocenters. The SMILES string of the molecule is NNC(=O)c1ccc(COC2CCCCC2)o1. The number of nitrogens with two attached hydrogens (primary N) is 1. The third-order valence-electron chi connectivity index (χ3n) is 3.03. The van der Waals surface area contributed by atoms with Crippen LogP contribution in [0.25, 0.3) is 0 Å². The summed E-state index contributed by atoms with van der Waals surface area (Å²) in [6, 6.07) is 3.34.